The van der Waals surface area contributed by atoms with Crippen LogP contribution >= 0.6 is 39.0 Å². The number of halogens is 1. The Hall–Kier alpha value is -0.850. The van der Waals surface area contributed by atoms with E-state index in [0.29, 0.717) is 0 Å². The summed E-state index contributed by atoms with van der Waals surface area (Å²) in [5.41, 5.74) is 2.04. The van der Waals surface area contributed by atoms with Gasteiger partial charge in [0.2, 0.25) is 0 Å². The molecule has 0 radical (unpaired) electrons. The zero-order chi connectivity index (χ0) is 11.0. The number of hydrogen-bond donors (Lipinski definition) is 1. The van der Waals surface area contributed by atoms with Crippen LogP contribution < -0.4 is 0 Å². The van der Waals surface area contributed by atoms with Gasteiger partial charge < -0.3 is 4.98 Å². The van der Waals surface area contributed by atoms with E-state index in [2.05, 4.69) is 30.9 Å². The first-order valence-electron chi connectivity index (χ1n) is 4.55. The molecule has 0 amide bonds. The monoisotopic (exact) mass is 311 g/mol. The molecule has 0 aliphatic carbocycles. The molecule has 0 unspecified atom stereocenters. The molecule has 16 heavy (non-hydrogen) atoms. The third-order valence-corrected chi connectivity index (χ3v) is 4.54. The van der Waals surface area contributed by atoms with Gasteiger partial charge in [-0.2, -0.15) is 0 Å². The maximum absolute atomic E-state index is 4.48. The normalized spacial score (nSPS) is 11.1. The number of aromatic amines is 1. The van der Waals surface area contributed by atoms with E-state index >= 15 is 0 Å². The molecule has 1 aromatic carbocycles. The third kappa shape index (κ3) is 2.00. The minimum absolute atomic E-state index is 0.871. The van der Waals surface area contributed by atoms with E-state index in [4.69, 9.17) is 0 Å². The van der Waals surface area contributed by atoms with Gasteiger partial charge in [0.05, 0.1) is 11.0 Å². The smallest absolute Gasteiger partial charge is 0.173 e. The van der Waals surface area contributed by atoms with Crippen LogP contribution in [0.3, 0.4) is 0 Å². The Kier molecular flexibility index (Phi) is 2.70. The van der Waals surface area contributed by atoms with Crippen LogP contribution in [0.5, 0.6) is 0 Å². The first-order valence-corrected chi connectivity index (χ1v) is 7.04. The van der Waals surface area contributed by atoms with Crippen LogP contribution in [0.4, 0.5) is 0 Å². The van der Waals surface area contributed by atoms with Gasteiger partial charge in [-0.1, -0.05) is 12.1 Å². The van der Waals surface area contributed by atoms with Crippen molar-refractivity contribution < 1.29 is 0 Å². The van der Waals surface area contributed by atoms with E-state index in [1.165, 1.54) is 0 Å². The lowest BCUT2D eigenvalue weighted by molar-refractivity contribution is 1.07. The predicted octanol–water partition coefficient (Wildman–Crippen LogP) is 3.93. The Morgan fingerprint density at radius 2 is 2.12 bits per heavy atom. The zero-order valence-corrected chi connectivity index (χ0v) is 11.2. The van der Waals surface area contributed by atoms with Crippen molar-refractivity contribution in [3.63, 3.8) is 0 Å². The molecule has 2 heterocycles. The number of aromatic nitrogens is 3. The second kappa shape index (κ2) is 4.20. The summed E-state index contributed by atoms with van der Waals surface area (Å²) in [6.07, 6.45) is 0. The number of nitrogens with zero attached hydrogens (tertiary/aromatic N) is 2. The van der Waals surface area contributed by atoms with E-state index in [1.54, 1.807) is 23.1 Å². The molecule has 0 saturated heterocycles. The Morgan fingerprint density at radius 3 is 2.88 bits per heavy atom. The summed E-state index contributed by atoms with van der Waals surface area (Å²) in [5, 5.41) is 2.84. The number of nitrogens with one attached hydrogen (secondary N) is 1. The van der Waals surface area contributed by atoms with E-state index < -0.39 is 0 Å². The highest BCUT2D eigenvalue weighted by atomic mass is 79.9. The van der Waals surface area contributed by atoms with Gasteiger partial charge in [0.15, 0.2) is 9.50 Å². The van der Waals surface area contributed by atoms with E-state index in [9.17, 15) is 0 Å². The summed E-state index contributed by atoms with van der Waals surface area (Å²) < 4.78 is 1.85. The zero-order valence-electron chi connectivity index (χ0n) is 7.98. The molecule has 3 aromatic rings. The second-order valence-corrected chi connectivity index (χ2v) is 6.00. The fourth-order valence-corrected chi connectivity index (χ4v) is 3.63. The van der Waals surface area contributed by atoms with Gasteiger partial charge in [0.25, 0.3) is 0 Å². The Morgan fingerprint density at radius 1 is 1.25 bits per heavy atom. The molecule has 3 rings (SSSR count). The molecule has 0 bridgehead atoms. The average Bonchev–Trinajstić information content (AvgIpc) is 2.84. The van der Waals surface area contributed by atoms with Gasteiger partial charge in [0, 0.05) is 5.38 Å². The SMILES string of the molecule is Brc1csc(Sc2nc3ccccc3[nH]2)n1. The van der Waals surface area contributed by atoms with Crippen molar-refractivity contribution in [2.24, 2.45) is 0 Å². The van der Waals surface area contributed by atoms with Gasteiger partial charge in [-0.25, -0.2) is 9.97 Å². The van der Waals surface area contributed by atoms with E-state index in [-0.39, 0.29) is 0 Å². The molecule has 2 aromatic heterocycles. The average molecular weight is 312 g/mol. The van der Waals surface area contributed by atoms with Crippen molar-refractivity contribution in [2.75, 3.05) is 0 Å². The lowest BCUT2D eigenvalue weighted by Crippen LogP contribution is -1.73. The van der Waals surface area contributed by atoms with Crippen LogP contribution in [0.25, 0.3) is 11.0 Å². The number of H-pyrrole nitrogens is 1. The third-order valence-electron chi connectivity index (χ3n) is 2.01. The van der Waals surface area contributed by atoms with Gasteiger partial charge in [-0.3, -0.25) is 0 Å². The first kappa shape index (κ1) is 10.3. The lowest BCUT2D eigenvalue weighted by atomic mass is 10.3. The van der Waals surface area contributed by atoms with E-state index in [1.807, 2.05) is 29.6 Å². The maximum Gasteiger partial charge on any atom is 0.173 e. The molecule has 0 saturated carbocycles. The highest BCUT2D eigenvalue weighted by Crippen LogP contribution is 2.30. The number of thiazole rings is 1. The van der Waals surface area contributed by atoms with Crippen LogP contribution in [0, 0.1) is 0 Å². The highest BCUT2D eigenvalue weighted by molar-refractivity contribution is 9.10. The summed E-state index contributed by atoms with van der Waals surface area (Å²) in [4.78, 5) is 12.0. The number of imidazole rings is 1. The van der Waals surface area contributed by atoms with Crippen LogP contribution in [-0.2, 0) is 0 Å². The number of hydrogen-bond acceptors (Lipinski definition) is 4. The molecule has 0 aliphatic rings. The van der Waals surface area contributed by atoms with Crippen LogP contribution in [0.2, 0.25) is 0 Å². The molecule has 0 aliphatic heterocycles. The number of fused-ring (bicyclic) bond motifs is 1. The summed E-state index contributed by atoms with van der Waals surface area (Å²) >= 11 is 6.48. The van der Waals surface area contributed by atoms with Crippen molar-refractivity contribution in [1.82, 2.24) is 15.0 Å². The van der Waals surface area contributed by atoms with Gasteiger partial charge >= 0.3 is 0 Å². The standard InChI is InChI=1S/C10H6BrN3S2/c11-8-5-15-10(14-8)16-9-12-6-3-1-2-4-7(6)13-9/h1-5H,(H,12,13). The van der Waals surface area contributed by atoms with Crippen molar-refractivity contribution in [3.05, 3.63) is 34.2 Å². The molecule has 80 valence electrons. The predicted molar refractivity (Wildman–Crippen MR) is 70.0 cm³/mol. The number of benzene rings is 1. The Balaban J connectivity index is 1.95. The second-order valence-electron chi connectivity index (χ2n) is 3.10. The number of rotatable bonds is 2. The van der Waals surface area contributed by atoms with Gasteiger partial charge in [0.1, 0.15) is 4.60 Å². The van der Waals surface area contributed by atoms with Crippen LogP contribution in [-0.4, -0.2) is 15.0 Å². The molecular weight excluding hydrogens is 306 g/mol. The largest absolute Gasteiger partial charge is 0.333 e. The van der Waals surface area contributed by atoms with Gasteiger partial charge in [-0.15, -0.1) is 11.3 Å². The quantitative estimate of drug-likeness (QED) is 0.779. The van der Waals surface area contributed by atoms with E-state index in [0.717, 1.165) is 25.1 Å². The van der Waals surface area contributed by atoms with Crippen molar-refractivity contribution in [2.45, 2.75) is 9.50 Å². The Bertz CT molecular complexity index is 599. The topological polar surface area (TPSA) is 41.6 Å². The molecule has 6 heteroatoms. The fraction of sp³-hybridized carbons (Fsp3) is 0. The van der Waals surface area contributed by atoms with Crippen molar-refractivity contribution >= 4 is 50.1 Å². The lowest BCUT2D eigenvalue weighted by Gasteiger charge is -1.88. The van der Waals surface area contributed by atoms with Gasteiger partial charge in [-0.05, 0) is 39.8 Å². The summed E-state index contributed by atoms with van der Waals surface area (Å²) in [7, 11) is 0. The Labute approximate surface area is 108 Å². The van der Waals surface area contributed by atoms with Crippen LogP contribution in [0.15, 0.2) is 43.7 Å². The summed E-state index contributed by atoms with van der Waals surface area (Å²) in [6, 6.07) is 7.99. The first-order chi connectivity index (χ1) is 7.81. The van der Waals surface area contributed by atoms with Crippen molar-refractivity contribution in [1.29, 1.82) is 0 Å². The molecule has 0 fully saturated rings. The molecule has 0 atom stereocenters. The fourth-order valence-electron chi connectivity index (χ4n) is 1.35. The molecule has 3 nitrogen and oxygen atoms in total. The minimum Gasteiger partial charge on any atom is -0.333 e. The summed E-state index contributed by atoms with van der Waals surface area (Å²) in [6.45, 7) is 0. The minimum atomic E-state index is 0.871. The molecular formula is C10H6BrN3S2. The maximum atomic E-state index is 4.48. The van der Waals surface area contributed by atoms with Crippen molar-refractivity contribution in [3.8, 4) is 0 Å². The molecule has 0 spiro atoms. The highest BCUT2D eigenvalue weighted by Gasteiger charge is 2.06. The van der Waals surface area contributed by atoms with Crippen LogP contribution in [0.1, 0.15) is 0 Å². The number of para-hydroxylation sites is 2. The summed E-state index contributed by atoms with van der Waals surface area (Å²) in [5.74, 6) is 0. The molecule has 1 N–H and O–H groups in total.